The molecule has 0 bridgehead atoms. The van der Waals surface area contributed by atoms with Crippen molar-refractivity contribution >= 4 is 17.3 Å². The van der Waals surface area contributed by atoms with Crippen LogP contribution in [0.5, 0.6) is 0 Å². The third-order valence-corrected chi connectivity index (χ3v) is 2.68. The maximum Gasteiger partial charge on any atom is 0.251 e. The van der Waals surface area contributed by atoms with Gasteiger partial charge in [-0.15, -0.1) is 0 Å². The molecule has 1 aromatic rings. The quantitative estimate of drug-likeness (QED) is 0.595. The van der Waals surface area contributed by atoms with E-state index >= 15 is 0 Å². The standard InChI is InChI=1S/C12H9N5O/c1-7-2-3-9-10(6-15-12(9)18)11(7)17-16-8(4-13)5-14/h2-3,17H,6H2,1H3,(H,15,18). The molecule has 0 saturated carbocycles. The van der Waals surface area contributed by atoms with Crippen LogP contribution in [0, 0.1) is 29.6 Å². The predicted molar refractivity (Wildman–Crippen MR) is 64.6 cm³/mol. The number of anilines is 1. The number of rotatable bonds is 2. The average molecular weight is 239 g/mol. The van der Waals surface area contributed by atoms with E-state index in [1.165, 1.54) is 0 Å². The molecule has 0 saturated heterocycles. The van der Waals surface area contributed by atoms with Gasteiger partial charge in [-0.25, -0.2) is 0 Å². The topological polar surface area (TPSA) is 101 Å². The highest BCUT2D eigenvalue weighted by molar-refractivity contribution is 6.10. The van der Waals surface area contributed by atoms with Gasteiger partial charge in [0.1, 0.15) is 12.1 Å². The highest BCUT2D eigenvalue weighted by Crippen LogP contribution is 2.27. The fourth-order valence-corrected chi connectivity index (χ4v) is 1.77. The van der Waals surface area contributed by atoms with Gasteiger partial charge in [0.25, 0.3) is 5.91 Å². The molecule has 1 aliphatic heterocycles. The van der Waals surface area contributed by atoms with Crippen LogP contribution in [0.4, 0.5) is 5.69 Å². The fourth-order valence-electron chi connectivity index (χ4n) is 1.77. The number of hydrazone groups is 1. The molecular weight excluding hydrogens is 230 g/mol. The largest absolute Gasteiger partial charge is 0.348 e. The van der Waals surface area contributed by atoms with Crippen molar-refractivity contribution in [1.82, 2.24) is 5.32 Å². The highest BCUT2D eigenvalue weighted by atomic mass is 16.1. The van der Waals surface area contributed by atoms with Crippen molar-refractivity contribution in [2.75, 3.05) is 5.43 Å². The summed E-state index contributed by atoms with van der Waals surface area (Å²) in [5.74, 6) is -0.127. The van der Waals surface area contributed by atoms with Gasteiger partial charge in [-0.05, 0) is 18.6 Å². The molecule has 1 heterocycles. The number of hydrogen-bond acceptors (Lipinski definition) is 5. The lowest BCUT2D eigenvalue weighted by Crippen LogP contribution is -2.12. The number of amides is 1. The number of aryl methyl sites for hydroxylation is 1. The smallest absolute Gasteiger partial charge is 0.251 e. The molecular formula is C12H9N5O. The summed E-state index contributed by atoms with van der Waals surface area (Å²) in [6.07, 6.45) is 0. The molecule has 2 N–H and O–H groups in total. The molecule has 0 fully saturated rings. The normalized spacial score (nSPS) is 11.8. The van der Waals surface area contributed by atoms with E-state index in [9.17, 15) is 4.79 Å². The van der Waals surface area contributed by atoms with Crippen LogP contribution < -0.4 is 10.7 Å². The molecule has 2 rings (SSSR count). The zero-order chi connectivity index (χ0) is 13.1. The number of fused-ring (bicyclic) bond motifs is 1. The van der Waals surface area contributed by atoms with Crippen molar-refractivity contribution in [1.29, 1.82) is 10.5 Å². The van der Waals surface area contributed by atoms with Gasteiger partial charge in [0.05, 0.1) is 5.69 Å². The lowest BCUT2D eigenvalue weighted by Gasteiger charge is -2.09. The Bertz CT molecular complexity index is 617. The predicted octanol–water partition coefficient (Wildman–Crippen LogP) is 1.05. The molecule has 1 amide bonds. The van der Waals surface area contributed by atoms with Crippen LogP contribution in [0.15, 0.2) is 17.2 Å². The Labute approximate surface area is 104 Å². The van der Waals surface area contributed by atoms with Crippen molar-refractivity contribution in [2.24, 2.45) is 5.10 Å². The van der Waals surface area contributed by atoms with Gasteiger partial charge in [0.2, 0.25) is 5.71 Å². The minimum absolute atomic E-state index is 0.127. The van der Waals surface area contributed by atoms with Crippen molar-refractivity contribution < 1.29 is 4.79 Å². The SMILES string of the molecule is Cc1ccc2c(c1NN=C(C#N)C#N)CNC2=O. The van der Waals surface area contributed by atoms with Crippen LogP contribution in [-0.2, 0) is 6.54 Å². The van der Waals surface area contributed by atoms with E-state index < -0.39 is 0 Å². The van der Waals surface area contributed by atoms with Crippen molar-refractivity contribution in [3.8, 4) is 12.1 Å². The van der Waals surface area contributed by atoms with Crippen LogP contribution in [0.1, 0.15) is 21.5 Å². The molecule has 6 heteroatoms. The summed E-state index contributed by atoms with van der Waals surface area (Å²) in [4.78, 5) is 11.5. The number of nitrogens with one attached hydrogen (secondary N) is 2. The van der Waals surface area contributed by atoms with Crippen molar-refractivity contribution in [2.45, 2.75) is 13.5 Å². The van der Waals surface area contributed by atoms with Gasteiger partial charge in [0, 0.05) is 17.7 Å². The zero-order valence-electron chi connectivity index (χ0n) is 9.61. The Kier molecular flexibility index (Phi) is 2.94. The lowest BCUT2D eigenvalue weighted by molar-refractivity contribution is 0.0966. The minimum Gasteiger partial charge on any atom is -0.348 e. The summed E-state index contributed by atoms with van der Waals surface area (Å²) in [5, 5.41) is 23.6. The Balaban J connectivity index is 2.41. The first-order valence-electron chi connectivity index (χ1n) is 5.22. The molecule has 0 aliphatic carbocycles. The molecule has 0 radical (unpaired) electrons. The summed E-state index contributed by atoms with van der Waals surface area (Å²) in [7, 11) is 0. The summed E-state index contributed by atoms with van der Waals surface area (Å²) >= 11 is 0. The van der Waals surface area contributed by atoms with E-state index in [2.05, 4.69) is 15.8 Å². The Morgan fingerprint density at radius 3 is 2.83 bits per heavy atom. The van der Waals surface area contributed by atoms with E-state index in [0.29, 0.717) is 17.8 Å². The maximum atomic E-state index is 11.5. The summed E-state index contributed by atoms with van der Waals surface area (Å²) < 4.78 is 0. The first-order valence-corrected chi connectivity index (χ1v) is 5.22. The van der Waals surface area contributed by atoms with E-state index in [4.69, 9.17) is 10.5 Å². The van der Waals surface area contributed by atoms with E-state index in [-0.39, 0.29) is 11.6 Å². The Morgan fingerprint density at radius 2 is 2.17 bits per heavy atom. The molecule has 1 aromatic carbocycles. The molecule has 1 aliphatic rings. The van der Waals surface area contributed by atoms with E-state index in [1.807, 2.05) is 6.92 Å². The van der Waals surface area contributed by atoms with Crippen LogP contribution >= 0.6 is 0 Å². The lowest BCUT2D eigenvalue weighted by atomic mass is 10.0. The second kappa shape index (κ2) is 4.56. The van der Waals surface area contributed by atoms with Gasteiger partial charge >= 0.3 is 0 Å². The van der Waals surface area contributed by atoms with Crippen LogP contribution in [0.3, 0.4) is 0 Å². The van der Waals surface area contributed by atoms with Gasteiger partial charge in [-0.3, -0.25) is 10.2 Å². The zero-order valence-corrected chi connectivity index (χ0v) is 9.61. The molecule has 18 heavy (non-hydrogen) atoms. The number of benzene rings is 1. The van der Waals surface area contributed by atoms with Gasteiger partial charge < -0.3 is 5.32 Å². The molecule has 0 unspecified atom stereocenters. The third kappa shape index (κ3) is 1.87. The summed E-state index contributed by atoms with van der Waals surface area (Å²) in [6, 6.07) is 6.86. The molecule has 6 nitrogen and oxygen atoms in total. The summed E-state index contributed by atoms with van der Waals surface area (Å²) in [6.45, 7) is 2.28. The second-order valence-corrected chi connectivity index (χ2v) is 3.76. The van der Waals surface area contributed by atoms with Crippen LogP contribution in [-0.4, -0.2) is 11.6 Å². The van der Waals surface area contributed by atoms with Crippen LogP contribution in [0.2, 0.25) is 0 Å². The molecule has 0 atom stereocenters. The van der Waals surface area contributed by atoms with E-state index in [0.717, 1.165) is 11.1 Å². The van der Waals surface area contributed by atoms with Crippen molar-refractivity contribution in [3.05, 3.63) is 28.8 Å². The fraction of sp³-hybridized carbons (Fsp3) is 0.167. The number of nitriles is 2. The first-order chi connectivity index (χ1) is 8.67. The number of hydrogen-bond donors (Lipinski definition) is 2. The first kappa shape index (κ1) is 11.6. The number of carbonyl (C=O) groups is 1. The maximum absolute atomic E-state index is 11.5. The molecule has 0 spiro atoms. The molecule has 0 aromatic heterocycles. The highest BCUT2D eigenvalue weighted by Gasteiger charge is 2.22. The second-order valence-electron chi connectivity index (χ2n) is 3.76. The van der Waals surface area contributed by atoms with E-state index in [1.54, 1.807) is 24.3 Å². The number of nitrogens with zero attached hydrogens (tertiary/aromatic N) is 3. The van der Waals surface area contributed by atoms with Gasteiger partial charge in [0.15, 0.2) is 0 Å². The average Bonchev–Trinajstić information content (AvgIpc) is 2.74. The van der Waals surface area contributed by atoms with Crippen LogP contribution in [0.25, 0.3) is 0 Å². The Morgan fingerprint density at radius 1 is 1.44 bits per heavy atom. The van der Waals surface area contributed by atoms with Gasteiger partial charge in [-0.1, -0.05) is 6.07 Å². The monoisotopic (exact) mass is 239 g/mol. The molecule has 88 valence electrons. The summed E-state index contributed by atoms with van der Waals surface area (Å²) in [5.41, 5.74) is 5.38. The third-order valence-electron chi connectivity index (χ3n) is 2.68. The van der Waals surface area contributed by atoms with Gasteiger partial charge in [-0.2, -0.15) is 15.6 Å². The number of carbonyl (C=O) groups excluding carboxylic acids is 1. The van der Waals surface area contributed by atoms with Crippen molar-refractivity contribution in [3.63, 3.8) is 0 Å². The Hall–Kier alpha value is -2.86. The minimum atomic E-state index is -0.260.